The summed E-state index contributed by atoms with van der Waals surface area (Å²) in [6.07, 6.45) is 0.413. The van der Waals surface area contributed by atoms with Gasteiger partial charge in [-0.1, -0.05) is 54.6 Å². The largest absolute Gasteiger partial charge is 0.479 e. The lowest BCUT2D eigenvalue weighted by Crippen LogP contribution is -2.40. The molecule has 9 nitrogen and oxygen atoms in total. The lowest BCUT2D eigenvalue weighted by molar-refractivity contribution is -0.147. The van der Waals surface area contributed by atoms with Gasteiger partial charge in [-0.05, 0) is 36.0 Å². The van der Waals surface area contributed by atoms with E-state index in [4.69, 9.17) is 5.11 Å². The van der Waals surface area contributed by atoms with E-state index in [-0.39, 0.29) is 23.7 Å². The van der Waals surface area contributed by atoms with Crippen molar-refractivity contribution in [3.63, 3.8) is 0 Å². The Kier molecular flexibility index (Phi) is 7.57. The van der Waals surface area contributed by atoms with Crippen LogP contribution in [0.1, 0.15) is 45.8 Å². The second-order valence-electron chi connectivity index (χ2n) is 8.69. The van der Waals surface area contributed by atoms with Gasteiger partial charge in [0, 0.05) is 31.6 Å². The molecule has 2 atom stereocenters. The fourth-order valence-electron chi connectivity index (χ4n) is 4.21. The Balaban J connectivity index is 1.45. The van der Waals surface area contributed by atoms with Gasteiger partial charge in [0.25, 0.3) is 11.8 Å². The van der Waals surface area contributed by atoms with E-state index in [2.05, 4.69) is 15.5 Å². The summed E-state index contributed by atoms with van der Waals surface area (Å²) >= 11 is 0. The maximum atomic E-state index is 12.8. The second kappa shape index (κ2) is 11.0. The summed E-state index contributed by atoms with van der Waals surface area (Å²) in [5.41, 5.74) is 3.24. The topological polar surface area (TPSA) is 136 Å². The Morgan fingerprint density at radius 2 is 1.66 bits per heavy atom. The molecule has 4 rings (SSSR count). The molecule has 0 unspecified atom stereocenters. The Morgan fingerprint density at radius 3 is 2.31 bits per heavy atom. The Labute approximate surface area is 202 Å². The number of carboxylic acids is 1. The third-order valence-corrected chi connectivity index (χ3v) is 6.11. The number of aromatic nitrogens is 2. The van der Waals surface area contributed by atoms with Gasteiger partial charge in [0.05, 0.1) is 0 Å². The van der Waals surface area contributed by atoms with Crippen molar-refractivity contribution in [1.82, 2.24) is 20.4 Å². The number of aliphatic carboxylic acids is 1. The first-order chi connectivity index (χ1) is 16.9. The number of hydrogen-bond acceptors (Lipinski definition) is 5. The van der Waals surface area contributed by atoms with Crippen molar-refractivity contribution < 1.29 is 24.6 Å². The highest BCUT2D eigenvalue weighted by Gasteiger charge is 2.25. The van der Waals surface area contributed by atoms with Crippen LogP contribution >= 0.6 is 0 Å². The first-order valence-corrected chi connectivity index (χ1v) is 11.6. The zero-order valence-corrected chi connectivity index (χ0v) is 19.2. The minimum absolute atomic E-state index is 0.0294. The molecule has 0 radical (unpaired) electrons. The molecule has 182 valence electrons. The molecule has 1 fully saturated rings. The second-order valence-corrected chi connectivity index (χ2v) is 8.69. The van der Waals surface area contributed by atoms with E-state index in [0.29, 0.717) is 19.5 Å². The maximum Gasteiger partial charge on any atom is 0.332 e. The molecule has 1 aliphatic heterocycles. The zero-order valence-electron chi connectivity index (χ0n) is 19.2. The lowest BCUT2D eigenvalue weighted by Gasteiger charge is -2.20. The smallest absolute Gasteiger partial charge is 0.332 e. The summed E-state index contributed by atoms with van der Waals surface area (Å²) in [7, 11) is 0. The van der Waals surface area contributed by atoms with Crippen LogP contribution in [0.4, 0.5) is 0 Å². The van der Waals surface area contributed by atoms with Gasteiger partial charge in [0.15, 0.2) is 11.8 Å². The van der Waals surface area contributed by atoms with Crippen molar-refractivity contribution in [1.29, 1.82) is 0 Å². The third-order valence-electron chi connectivity index (χ3n) is 6.11. The van der Waals surface area contributed by atoms with E-state index in [1.165, 1.54) is 6.07 Å². The maximum absolute atomic E-state index is 12.8. The summed E-state index contributed by atoms with van der Waals surface area (Å²) in [6, 6.07) is 18.4. The number of nitrogens with zero attached hydrogens (tertiary/aromatic N) is 2. The number of carboxylic acid groups (broad SMARTS) is 1. The van der Waals surface area contributed by atoms with Crippen LogP contribution in [-0.2, 0) is 11.2 Å². The number of benzene rings is 2. The molecule has 0 aliphatic carbocycles. The fraction of sp³-hybridized carbons (Fsp3) is 0.308. The molecule has 2 aromatic carbocycles. The normalized spacial score (nSPS) is 14.9. The predicted octanol–water partition coefficient (Wildman–Crippen LogP) is 2.49. The Bertz CT molecular complexity index is 1170. The quantitative estimate of drug-likeness (QED) is 0.375. The number of aliphatic hydroxyl groups is 1. The van der Waals surface area contributed by atoms with Crippen LogP contribution < -0.4 is 5.32 Å². The third kappa shape index (κ3) is 6.13. The molecule has 1 saturated heterocycles. The molecule has 2 amide bonds. The van der Waals surface area contributed by atoms with Crippen LogP contribution in [0, 0.1) is 0 Å². The average molecular weight is 477 g/mol. The van der Waals surface area contributed by atoms with Gasteiger partial charge in [-0.2, -0.15) is 5.10 Å². The number of carbonyl (C=O) groups is 3. The number of nitrogens with one attached hydrogen (secondary N) is 2. The van der Waals surface area contributed by atoms with Crippen LogP contribution in [0.15, 0.2) is 60.7 Å². The SMILES string of the molecule is O=C(N[C@H](Cc1ccc(-c2ccccc2)cc1)C[C@@H](O)C(=O)O)c1cc(C(=O)N2CCCC2)[nH]n1. The van der Waals surface area contributed by atoms with Gasteiger partial charge in [-0.15, -0.1) is 0 Å². The number of hydrogen-bond donors (Lipinski definition) is 4. The number of rotatable bonds is 9. The standard InChI is InChI=1S/C26H28N4O5/c31-23(26(34)35)15-20(14-17-8-10-19(11-9-17)18-6-2-1-3-7-18)27-24(32)21-16-22(29-28-21)25(33)30-12-4-5-13-30/h1-3,6-11,16,20,23,31H,4-5,12-15H2,(H,27,32)(H,28,29)(H,34,35)/t20-,23-/m1/s1. The number of H-pyrrole nitrogens is 1. The van der Waals surface area contributed by atoms with E-state index >= 15 is 0 Å². The van der Waals surface area contributed by atoms with Crippen molar-refractivity contribution in [2.45, 2.75) is 37.8 Å². The van der Waals surface area contributed by atoms with Crippen molar-refractivity contribution in [3.05, 3.63) is 77.6 Å². The van der Waals surface area contributed by atoms with E-state index < -0.39 is 24.0 Å². The van der Waals surface area contributed by atoms with Crippen LogP contribution in [0.5, 0.6) is 0 Å². The Morgan fingerprint density at radius 1 is 1.00 bits per heavy atom. The van der Waals surface area contributed by atoms with Gasteiger partial charge in [0.2, 0.25) is 0 Å². The number of aliphatic hydroxyl groups excluding tert-OH is 1. The predicted molar refractivity (Wildman–Crippen MR) is 129 cm³/mol. The van der Waals surface area contributed by atoms with Gasteiger partial charge in [-0.25, -0.2) is 4.79 Å². The number of amides is 2. The van der Waals surface area contributed by atoms with Gasteiger partial charge < -0.3 is 20.4 Å². The highest BCUT2D eigenvalue weighted by atomic mass is 16.4. The molecular weight excluding hydrogens is 448 g/mol. The van der Waals surface area contributed by atoms with Crippen LogP contribution in [0.3, 0.4) is 0 Å². The highest BCUT2D eigenvalue weighted by molar-refractivity contribution is 5.97. The van der Waals surface area contributed by atoms with Gasteiger partial charge in [0.1, 0.15) is 5.69 Å². The highest BCUT2D eigenvalue weighted by Crippen LogP contribution is 2.20. The molecule has 0 saturated carbocycles. The van der Waals surface area contributed by atoms with Crippen molar-refractivity contribution in [3.8, 4) is 11.1 Å². The summed E-state index contributed by atoms with van der Waals surface area (Å²) in [6.45, 7) is 1.36. The average Bonchev–Trinajstić information content (AvgIpc) is 3.57. The van der Waals surface area contributed by atoms with E-state index in [0.717, 1.165) is 29.5 Å². The molecule has 3 aromatic rings. The van der Waals surface area contributed by atoms with Crippen molar-refractivity contribution >= 4 is 17.8 Å². The monoisotopic (exact) mass is 476 g/mol. The molecule has 2 heterocycles. The first-order valence-electron chi connectivity index (χ1n) is 11.6. The van der Waals surface area contributed by atoms with Crippen LogP contribution in [-0.4, -0.2) is 68.3 Å². The summed E-state index contributed by atoms with van der Waals surface area (Å²) in [5.74, 6) is -2.11. The zero-order chi connectivity index (χ0) is 24.8. The molecule has 9 heteroatoms. The van der Waals surface area contributed by atoms with Gasteiger partial charge in [-0.3, -0.25) is 14.7 Å². The van der Waals surface area contributed by atoms with Gasteiger partial charge >= 0.3 is 5.97 Å². The lowest BCUT2D eigenvalue weighted by atomic mass is 9.97. The number of aromatic amines is 1. The molecular formula is C26H28N4O5. The van der Waals surface area contributed by atoms with Crippen molar-refractivity contribution in [2.75, 3.05) is 13.1 Å². The molecule has 0 spiro atoms. The summed E-state index contributed by atoms with van der Waals surface area (Å²) in [5, 5.41) is 28.4. The minimum Gasteiger partial charge on any atom is -0.479 e. The molecule has 1 aromatic heterocycles. The van der Waals surface area contributed by atoms with Crippen LogP contribution in [0.2, 0.25) is 0 Å². The summed E-state index contributed by atoms with van der Waals surface area (Å²) in [4.78, 5) is 38.3. The first kappa shape index (κ1) is 24.2. The molecule has 0 bridgehead atoms. The molecule has 35 heavy (non-hydrogen) atoms. The molecule has 4 N–H and O–H groups in total. The van der Waals surface area contributed by atoms with E-state index in [1.807, 2.05) is 54.6 Å². The number of likely N-dealkylation sites (tertiary alicyclic amines) is 1. The number of carbonyl (C=O) groups excluding carboxylic acids is 2. The van der Waals surface area contributed by atoms with E-state index in [1.54, 1.807) is 4.90 Å². The van der Waals surface area contributed by atoms with Crippen molar-refractivity contribution in [2.24, 2.45) is 0 Å². The van der Waals surface area contributed by atoms with Crippen LogP contribution in [0.25, 0.3) is 11.1 Å². The molecule has 1 aliphatic rings. The summed E-state index contributed by atoms with van der Waals surface area (Å²) < 4.78 is 0. The fourth-order valence-corrected chi connectivity index (χ4v) is 4.21. The van der Waals surface area contributed by atoms with E-state index in [9.17, 15) is 19.5 Å². The minimum atomic E-state index is -1.63. The Hall–Kier alpha value is -3.98.